The number of nitrogens with zero attached hydrogens (tertiary/aromatic N) is 1. The van der Waals surface area contributed by atoms with Crippen molar-refractivity contribution in [1.29, 1.82) is 0 Å². The van der Waals surface area contributed by atoms with Crippen molar-refractivity contribution in [2.75, 3.05) is 20.1 Å². The molecule has 2 nitrogen and oxygen atoms in total. The fourth-order valence-corrected chi connectivity index (χ4v) is 3.68. The number of rotatable bonds is 0. The van der Waals surface area contributed by atoms with E-state index in [1.807, 2.05) is 0 Å². The highest BCUT2D eigenvalue weighted by Crippen LogP contribution is 2.49. The van der Waals surface area contributed by atoms with E-state index < -0.39 is 0 Å². The minimum absolute atomic E-state index is 0.536. The normalized spacial score (nSPS) is 24.9. The zero-order valence-corrected chi connectivity index (χ0v) is 11.8. The van der Waals surface area contributed by atoms with Crippen molar-refractivity contribution in [2.24, 2.45) is 0 Å². The van der Waals surface area contributed by atoms with E-state index in [9.17, 15) is 0 Å². The second kappa shape index (κ2) is 4.64. The number of hydrogen-bond acceptors (Lipinski definition) is 2. The first-order valence-corrected chi connectivity index (χ1v) is 7.37. The molecule has 0 unspecified atom stereocenters. The smallest absolute Gasteiger partial charge is 0.130 e. The average molecular weight is 265 g/mol. The molecule has 2 aliphatic rings. The summed E-state index contributed by atoms with van der Waals surface area (Å²) in [5, 5.41) is 0. The number of piperidine rings is 1. The van der Waals surface area contributed by atoms with Crippen LogP contribution in [-0.2, 0) is 0 Å². The van der Waals surface area contributed by atoms with Crippen molar-refractivity contribution >= 4 is 0 Å². The second-order valence-corrected chi connectivity index (χ2v) is 5.94. The molecule has 20 heavy (non-hydrogen) atoms. The molecular weight excluding hydrogens is 246 g/mol. The van der Waals surface area contributed by atoms with Crippen LogP contribution in [-0.4, -0.2) is 25.0 Å². The maximum Gasteiger partial charge on any atom is 0.130 e. The largest absolute Gasteiger partial charge is 0.457 e. The summed E-state index contributed by atoms with van der Waals surface area (Å²) in [5.74, 6) is 3.18. The van der Waals surface area contributed by atoms with Crippen LogP contribution in [0.25, 0.3) is 0 Å². The van der Waals surface area contributed by atoms with Gasteiger partial charge in [-0.3, -0.25) is 0 Å². The Hall–Kier alpha value is -1.80. The molecule has 2 aromatic rings. The zero-order chi connectivity index (χ0) is 13.5. The van der Waals surface area contributed by atoms with Gasteiger partial charge in [-0.1, -0.05) is 36.4 Å². The molecule has 0 aromatic heterocycles. The number of fused-ring (bicyclic) bond motifs is 5. The molecule has 2 heterocycles. The van der Waals surface area contributed by atoms with Gasteiger partial charge in [0.2, 0.25) is 0 Å². The Labute approximate surface area is 120 Å². The van der Waals surface area contributed by atoms with Crippen molar-refractivity contribution in [3.8, 4) is 11.5 Å². The standard InChI is InChI=1S/C18H19NO/c1-19-11-10-13-14-6-2-4-8-17(14)20-18-9-5-3-7-15(18)16(13)12-19/h2-9,13,16H,10-12H2,1H3/t13-,16+/m1/s1. The second-order valence-electron chi connectivity index (χ2n) is 5.94. The molecule has 0 bridgehead atoms. The van der Waals surface area contributed by atoms with Gasteiger partial charge in [-0.2, -0.15) is 0 Å². The lowest BCUT2D eigenvalue weighted by Gasteiger charge is -2.36. The highest BCUT2D eigenvalue weighted by atomic mass is 16.5. The van der Waals surface area contributed by atoms with Crippen LogP contribution in [0, 0.1) is 0 Å². The monoisotopic (exact) mass is 265 g/mol. The first-order chi connectivity index (χ1) is 9.83. The molecule has 0 radical (unpaired) electrons. The fourth-order valence-electron chi connectivity index (χ4n) is 3.68. The lowest BCUT2D eigenvalue weighted by molar-refractivity contribution is 0.228. The fraction of sp³-hybridized carbons (Fsp3) is 0.333. The lowest BCUT2D eigenvalue weighted by atomic mass is 9.77. The predicted octanol–water partition coefficient (Wildman–Crippen LogP) is 4.00. The van der Waals surface area contributed by atoms with E-state index in [0.717, 1.165) is 24.6 Å². The third-order valence-electron chi connectivity index (χ3n) is 4.67. The summed E-state index contributed by atoms with van der Waals surface area (Å²) in [6.07, 6.45) is 1.20. The Bertz CT molecular complexity index is 637. The van der Waals surface area contributed by atoms with Crippen LogP contribution < -0.4 is 4.74 Å². The molecule has 4 rings (SSSR count). The Kier molecular flexibility index (Phi) is 2.78. The van der Waals surface area contributed by atoms with Crippen molar-refractivity contribution in [3.63, 3.8) is 0 Å². The maximum absolute atomic E-state index is 6.21. The minimum Gasteiger partial charge on any atom is -0.457 e. The van der Waals surface area contributed by atoms with Gasteiger partial charge < -0.3 is 9.64 Å². The van der Waals surface area contributed by atoms with Crippen LogP contribution in [0.1, 0.15) is 29.4 Å². The molecule has 0 spiro atoms. The van der Waals surface area contributed by atoms with Crippen molar-refractivity contribution in [3.05, 3.63) is 59.7 Å². The van der Waals surface area contributed by atoms with Crippen LogP contribution in [0.4, 0.5) is 0 Å². The van der Waals surface area contributed by atoms with Gasteiger partial charge in [-0.25, -0.2) is 0 Å². The Balaban J connectivity index is 1.90. The van der Waals surface area contributed by atoms with Gasteiger partial charge in [0.15, 0.2) is 0 Å². The summed E-state index contributed by atoms with van der Waals surface area (Å²) in [5.41, 5.74) is 2.74. The average Bonchev–Trinajstić information content (AvgIpc) is 2.61. The van der Waals surface area contributed by atoms with Crippen molar-refractivity contribution < 1.29 is 4.74 Å². The molecule has 0 aliphatic carbocycles. The molecule has 2 aromatic carbocycles. The van der Waals surface area contributed by atoms with E-state index >= 15 is 0 Å². The van der Waals surface area contributed by atoms with Gasteiger partial charge >= 0.3 is 0 Å². The molecule has 1 fully saturated rings. The van der Waals surface area contributed by atoms with E-state index in [1.165, 1.54) is 17.5 Å². The first kappa shape index (κ1) is 12.0. The lowest BCUT2D eigenvalue weighted by Crippen LogP contribution is -2.35. The topological polar surface area (TPSA) is 12.5 Å². The van der Waals surface area contributed by atoms with Crippen molar-refractivity contribution in [2.45, 2.75) is 18.3 Å². The summed E-state index contributed by atoms with van der Waals surface area (Å²) >= 11 is 0. The highest BCUT2D eigenvalue weighted by molar-refractivity contribution is 5.49. The predicted molar refractivity (Wildman–Crippen MR) is 80.6 cm³/mol. The maximum atomic E-state index is 6.21. The summed E-state index contributed by atoms with van der Waals surface area (Å²) in [6.45, 7) is 2.27. The van der Waals surface area contributed by atoms with E-state index in [1.54, 1.807) is 0 Å². The van der Waals surface area contributed by atoms with Gasteiger partial charge in [0.1, 0.15) is 11.5 Å². The van der Waals surface area contributed by atoms with Crippen LogP contribution in [0.2, 0.25) is 0 Å². The van der Waals surface area contributed by atoms with Crippen LogP contribution in [0.3, 0.4) is 0 Å². The summed E-state index contributed by atoms with van der Waals surface area (Å²) < 4.78 is 6.21. The van der Waals surface area contributed by atoms with Crippen LogP contribution in [0.5, 0.6) is 11.5 Å². The third kappa shape index (κ3) is 1.83. The Morgan fingerprint density at radius 1 is 0.900 bits per heavy atom. The number of benzene rings is 2. The Morgan fingerprint density at radius 3 is 2.20 bits per heavy atom. The molecule has 0 saturated carbocycles. The molecule has 2 aliphatic heterocycles. The number of para-hydroxylation sites is 2. The number of hydrogen-bond donors (Lipinski definition) is 0. The number of ether oxygens (including phenoxy) is 1. The molecule has 2 atom stereocenters. The van der Waals surface area contributed by atoms with E-state index in [0.29, 0.717) is 11.8 Å². The van der Waals surface area contributed by atoms with Gasteiger partial charge in [0.05, 0.1) is 0 Å². The quantitative estimate of drug-likeness (QED) is 0.714. The molecule has 1 saturated heterocycles. The Morgan fingerprint density at radius 2 is 1.50 bits per heavy atom. The SMILES string of the molecule is CN1CC[C@@H]2c3ccccc3Oc3ccccc3[C@H]2C1. The van der Waals surface area contributed by atoms with Gasteiger partial charge in [0.25, 0.3) is 0 Å². The van der Waals surface area contributed by atoms with Gasteiger partial charge in [-0.05, 0) is 49.2 Å². The van der Waals surface area contributed by atoms with E-state index in [4.69, 9.17) is 4.74 Å². The summed E-state index contributed by atoms with van der Waals surface area (Å²) in [7, 11) is 2.22. The summed E-state index contributed by atoms with van der Waals surface area (Å²) in [4.78, 5) is 2.44. The molecule has 2 heteroatoms. The first-order valence-electron chi connectivity index (χ1n) is 7.37. The molecule has 0 amide bonds. The third-order valence-corrected chi connectivity index (χ3v) is 4.67. The number of likely N-dealkylation sites (N-methyl/N-ethyl adjacent to an activating group) is 1. The minimum atomic E-state index is 0.536. The highest BCUT2D eigenvalue weighted by Gasteiger charge is 2.35. The van der Waals surface area contributed by atoms with Gasteiger partial charge in [-0.15, -0.1) is 0 Å². The zero-order valence-electron chi connectivity index (χ0n) is 11.8. The number of likely N-dealkylation sites (tertiary alicyclic amines) is 1. The van der Waals surface area contributed by atoms with E-state index in [-0.39, 0.29) is 0 Å². The van der Waals surface area contributed by atoms with Crippen molar-refractivity contribution in [1.82, 2.24) is 4.90 Å². The molecular formula is C18H19NO. The summed E-state index contributed by atoms with van der Waals surface area (Å²) in [6, 6.07) is 17.1. The van der Waals surface area contributed by atoms with Crippen LogP contribution in [0.15, 0.2) is 48.5 Å². The van der Waals surface area contributed by atoms with Crippen LogP contribution >= 0.6 is 0 Å². The van der Waals surface area contributed by atoms with Gasteiger partial charge in [0, 0.05) is 12.5 Å². The molecule has 102 valence electrons. The molecule has 0 N–H and O–H groups in total. The van der Waals surface area contributed by atoms with E-state index in [2.05, 4.69) is 60.5 Å².